The molecule has 11 nitrogen and oxygen atoms in total. The van der Waals surface area contributed by atoms with Crippen LogP contribution in [-0.2, 0) is 17.1 Å². The molecule has 0 aliphatic heterocycles. The van der Waals surface area contributed by atoms with Gasteiger partial charge in [-0.05, 0) is 55.5 Å². The molecule has 0 radical (unpaired) electrons. The maximum Gasteiger partial charge on any atom is 0.293 e. The Morgan fingerprint density at radius 3 is 2.43 bits per heavy atom. The van der Waals surface area contributed by atoms with Crippen LogP contribution in [0.15, 0.2) is 71.6 Å². The Hall–Kier alpha value is -4.58. The summed E-state index contributed by atoms with van der Waals surface area (Å²) in [5.74, 6) is 0.161. The molecule has 0 saturated heterocycles. The van der Waals surface area contributed by atoms with Crippen LogP contribution in [0.1, 0.15) is 17.4 Å². The summed E-state index contributed by atoms with van der Waals surface area (Å²) < 4.78 is 39.5. The van der Waals surface area contributed by atoms with Crippen LogP contribution >= 0.6 is 0 Å². The Balaban J connectivity index is 1.73. The molecular formula is C25H24N4O7S. The Bertz CT molecular complexity index is 1600. The number of hydrogen-bond acceptors (Lipinski definition) is 8. The van der Waals surface area contributed by atoms with Crippen molar-refractivity contribution >= 4 is 43.9 Å². The average Bonchev–Trinajstić information content (AvgIpc) is 3.22. The minimum atomic E-state index is -4.21. The number of aromatic nitrogens is 1. The van der Waals surface area contributed by atoms with Gasteiger partial charge in [0, 0.05) is 35.9 Å². The van der Waals surface area contributed by atoms with Gasteiger partial charge in [-0.2, -0.15) is 0 Å². The zero-order valence-corrected chi connectivity index (χ0v) is 21.0. The third kappa shape index (κ3) is 5.19. The molecule has 0 atom stereocenters. The van der Waals surface area contributed by atoms with E-state index in [2.05, 4.69) is 5.32 Å². The van der Waals surface area contributed by atoms with Crippen LogP contribution in [0.2, 0.25) is 0 Å². The van der Waals surface area contributed by atoms with Gasteiger partial charge in [-0.1, -0.05) is 6.07 Å². The van der Waals surface area contributed by atoms with Crippen LogP contribution in [0.4, 0.5) is 17.1 Å². The summed E-state index contributed by atoms with van der Waals surface area (Å²) in [6.07, 6.45) is 0. The van der Waals surface area contributed by atoms with Crippen LogP contribution in [0.5, 0.6) is 11.5 Å². The molecule has 1 aromatic heterocycles. The zero-order chi connectivity index (χ0) is 26.7. The molecule has 2 N–H and O–H groups in total. The number of non-ortho nitro benzene ring substituents is 1. The largest absolute Gasteiger partial charge is 0.497 e. The van der Waals surface area contributed by atoms with Gasteiger partial charge in [0.25, 0.3) is 21.6 Å². The van der Waals surface area contributed by atoms with Crippen molar-refractivity contribution in [1.82, 2.24) is 9.29 Å². The third-order valence-corrected chi connectivity index (χ3v) is 6.97. The van der Waals surface area contributed by atoms with Crippen molar-refractivity contribution in [2.45, 2.75) is 11.8 Å². The molecule has 1 heterocycles. The lowest BCUT2D eigenvalue weighted by Crippen LogP contribution is -2.31. The molecule has 0 aliphatic carbocycles. The van der Waals surface area contributed by atoms with Gasteiger partial charge in [0.05, 0.1) is 23.5 Å². The van der Waals surface area contributed by atoms with E-state index in [1.807, 2.05) is 11.6 Å². The molecule has 0 fully saturated rings. The number of anilines is 2. The maximum absolute atomic E-state index is 13.1. The van der Waals surface area contributed by atoms with Crippen LogP contribution in [0, 0.1) is 10.1 Å². The number of nitro benzene ring substituents is 1. The van der Waals surface area contributed by atoms with Gasteiger partial charge in [-0.15, -0.1) is 0 Å². The lowest BCUT2D eigenvalue weighted by atomic mass is 10.1. The number of amides is 1. The first kappa shape index (κ1) is 25.5. The number of ether oxygens (including phenoxy) is 2. The van der Waals surface area contributed by atoms with Gasteiger partial charge in [-0.3, -0.25) is 14.9 Å². The van der Waals surface area contributed by atoms with Crippen LogP contribution in [-0.4, -0.2) is 37.5 Å². The fourth-order valence-electron chi connectivity index (χ4n) is 3.90. The molecule has 0 aliphatic rings. The molecule has 1 amide bonds. The van der Waals surface area contributed by atoms with E-state index in [0.717, 1.165) is 0 Å². The van der Waals surface area contributed by atoms with Crippen molar-refractivity contribution in [3.05, 3.63) is 82.5 Å². The molecule has 0 saturated carbocycles. The number of fused-ring (bicyclic) bond motifs is 1. The van der Waals surface area contributed by atoms with Crippen molar-refractivity contribution in [1.29, 1.82) is 0 Å². The molecule has 192 valence electrons. The minimum Gasteiger partial charge on any atom is -0.497 e. The zero-order valence-electron chi connectivity index (χ0n) is 20.2. The van der Waals surface area contributed by atoms with Crippen LogP contribution in [0.25, 0.3) is 10.9 Å². The second-order valence-corrected chi connectivity index (χ2v) is 9.62. The highest BCUT2D eigenvalue weighted by molar-refractivity contribution is 7.90. The number of sulfonamides is 1. The highest BCUT2D eigenvalue weighted by Crippen LogP contribution is 2.36. The number of nitrogens with zero attached hydrogens (tertiary/aromatic N) is 2. The summed E-state index contributed by atoms with van der Waals surface area (Å²) in [5, 5.41) is 15.3. The van der Waals surface area contributed by atoms with Gasteiger partial charge < -0.3 is 19.4 Å². The van der Waals surface area contributed by atoms with Gasteiger partial charge in [0.15, 0.2) is 0 Å². The van der Waals surface area contributed by atoms with E-state index in [4.69, 9.17) is 9.47 Å². The predicted octanol–water partition coefficient (Wildman–Crippen LogP) is 4.36. The number of methoxy groups -OCH3 is 1. The number of aryl methyl sites for hydroxylation is 1. The third-order valence-electron chi connectivity index (χ3n) is 5.62. The van der Waals surface area contributed by atoms with Crippen molar-refractivity contribution in [2.24, 2.45) is 7.05 Å². The summed E-state index contributed by atoms with van der Waals surface area (Å²) in [4.78, 5) is 24.1. The van der Waals surface area contributed by atoms with Gasteiger partial charge >= 0.3 is 0 Å². The fourth-order valence-corrected chi connectivity index (χ4v) is 4.86. The lowest BCUT2D eigenvalue weighted by Gasteiger charge is -2.10. The maximum atomic E-state index is 13.1. The molecule has 0 bridgehead atoms. The second-order valence-electron chi connectivity index (χ2n) is 7.94. The second kappa shape index (κ2) is 10.2. The monoisotopic (exact) mass is 524 g/mol. The summed E-state index contributed by atoms with van der Waals surface area (Å²) in [7, 11) is -1.30. The standard InChI is InChI=1S/C25H24N4O7S/c1-4-36-18-7-5-6-16(14-18)26-21-12-13-22(29(31)32)24-20(21)15-23(28(24)2)25(30)27-37(33,34)19-10-8-17(35-3)9-11-19/h5-15,26H,4H2,1-3H3,(H,27,30). The number of hydrogen-bond donors (Lipinski definition) is 2. The first-order chi connectivity index (χ1) is 17.6. The topological polar surface area (TPSA) is 142 Å². The lowest BCUT2D eigenvalue weighted by molar-refractivity contribution is -0.383. The number of carbonyl (C=O) groups excluding carboxylic acids is 1. The highest BCUT2D eigenvalue weighted by atomic mass is 32.2. The van der Waals surface area contributed by atoms with E-state index < -0.39 is 20.9 Å². The van der Waals surface area contributed by atoms with E-state index in [9.17, 15) is 23.3 Å². The highest BCUT2D eigenvalue weighted by Gasteiger charge is 2.26. The van der Waals surface area contributed by atoms with Crippen molar-refractivity contribution < 1.29 is 27.6 Å². The van der Waals surface area contributed by atoms with E-state index in [0.29, 0.717) is 34.9 Å². The molecule has 0 unspecified atom stereocenters. The molecule has 4 aromatic rings. The smallest absolute Gasteiger partial charge is 0.293 e. The van der Waals surface area contributed by atoms with Crippen molar-refractivity contribution in [2.75, 3.05) is 19.0 Å². The van der Waals surface area contributed by atoms with E-state index in [-0.39, 0.29) is 21.8 Å². The number of nitrogens with one attached hydrogen (secondary N) is 2. The normalized spacial score (nSPS) is 11.2. The summed E-state index contributed by atoms with van der Waals surface area (Å²) in [6, 6.07) is 17.0. The first-order valence-corrected chi connectivity index (χ1v) is 12.6. The average molecular weight is 525 g/mol. The van der Waals surface area contributed by atoms with E-state index in [1.54, 1.807) is 24.3 Å². The van der Waals surface area contributed by atoms with Crippen molar-refractivity contribution in [3.63, 3.8) is 0 Å². The Morgan fingerprint density at radius 2 is 1.78 bits per heavy atom. The minimum absolute atomic E-state index is 0.0764. The van der Waals surface area contributed by atoms with Crippen molar-refractivity contribution in [3.8, 4) is 11.5 Å². The Labute approximate surface area is 212 Å². The fraction of sp³-hybridized carbons (Fsp3) is 0.160. The first-order valence-electron chi connectivity index (χ1n) is 11.1. The Morgan fingerprint density at radius 1 is 1.05 bits per heavy atom. The number of carbonyl (C=O) groups is 1. The molecule has 12 heteroatoms. The van der Waals surface area contributed by atoms with E-state index in [1.165, 1.54) is 61.2 Å². The van der Waals surface area contributed by atoms with Gasteiger partial charge in [0.2, 0.25) is 0 Å². The quantitative estimate of drug-likeness (QED) is 0.243. The molecule has 3 aromatic carbocycles. The summed E-state index contributed by atoms with van der Waals surface area (Å²) in [5.41, 5.74) is 0.999. The number of rotatable bonds is 9. The number of benzene rings is 3. The summed E-state index contributed by atoms with van der Waals surface area (Å²) >= 11 is 0. The summed E-state index contributed by atoms with van der Waals surface area (Å²) in [6.45, 7) is 2.35. The van der Waals surface area contributed by atoms with E-state index >= 15 is 0 Å². The predicted molar refractivity (Wildman–Crippen MR) is 138 cm³/mol. The molecule has 4 rings (SSSR count). The molecular weight excluding hydrogens is 500 g/mol. The molecule has 37 heavy (non-hydrogen) atoms. The van der Waals surface area contributed by atoms with Gasteiger partial charge in [0.1, 0.15) is 22.7 Å². The molecule has 0 spiro atoms. The van der Waals surface area contributed by atoms with Crippen LogP contribution in [0.3, 0.4) is 0 Å². The Kier molecular flexibility index (Phi) is 7.02. The SMILES string of the molecule is CCOc1cccc(Nc2ccc([N+](=O)[O-])c3c2cc(C(=O)NS(=O)(=O)c2ccc(OC)cc2)n3C)c1. The van der Waals surface area contributed by atoms with Crippen LogP contribution < -0.4 is 19.5 Å². The number of nitro groups is 1. The van der Waals surface area contributed by atoms with Gasteiger partial charge in [-0.25, -0.2) is 13.1 Å².